The summed E-state index contributed by atoms with van der Waals surface area (Å²) in [4.78, 5) is 16.7. The first kappa shape index (κ1) is 18.2. The second-order valence-corrected chi connectivity index (χ2v) is 6.92. The highest BCUT2D eigenvalue weighted by atomic mass is 35.5. The van der Waals surface area contributed by atoms with Gasteiger partial charge in [-0.1, -0.05) is 47.5 Å². The molecule has 0 unspecified atom stereocenters. The van der Waals surface area contributed by atoms with Crippen LogP contribution in [0.2, 0.25) is 10.2 Å². The quantitative estimate of drug-likeness (QED) is 0.278. The number of nitrogens with zero attached hydrogens (tertiary/aromatic N) is 2. The average Bonchev–Trinajstić information content (AvgIpc) is 2.68. The number of aromatic hydroxyl groups is 1. The van der Waals surface area contributed by atoms with Crippen molar-refractivity contribution in [2.24, 2.45) is 5.10 Å². The molecule has 4 rings (SSSR count). The van der Waals surface area contributed by atoms with Crippen LogP contribution in [0, 0.1) is 0 Å². The van der Waals surface area contributed by atoms with Crippen molar-refractivity contribution in [1.82, 2.24) is 10.4 Å². The molecule has 138 valence electrons. The molecule has 0 fully saturated rings. The van der Waals surface area contributed by atoms with Crippen LogP contribution < -0.4 is 5.43 Å². The first-order valence-corrected chi connectivity index (χ1v) is 9.08. The van der Waals surface area contributed by atoms with E-state index >= 15 is 0 Å². The van der Waals surface area contributed by atoms with E-state index in [9.17, 15) is 9.90 Å². The summed E-state index contributed by atoms with van der Waals surface area (Å²) in [5.41, 5.74) is 3.76. The van der Waals surface area contributed by atoms with E-state index in [4.69, 9.17) is 23.2 Å². The Labute approximate surface area is 170 Å². The van der Waals surface area contributed by atoms with Crippen LogP contribution in [0.4, 0.5) is 0 Å². The van der Waals surface area contributed by atoms with Gasteiger partial charge in [0.2, 0.25) is 0 Å². The van der Waals surface area contributed by atoms with Gasteiger partial charge in [-0.3, -0.25) is 4.79 Å². The van der Waals surface area contributed by atoms with E-state index in [-0.39, 0.29) is 16.5 Å². The lowest BCUT2D eigenvalue weighted by Crippen LogP contribution is -2.17. The standard InChI is InChI=1S/C21H13Cl2N3O2/c22-16-5-6-18-14(8-16)7-15(20(23)25-18)11-24-26-21(28)17-9-12-3-1-2-4-13(12)10-19(17)27/h1-11,27H,(H,26,28)/b24-11-. The number of benzene rings is 3. The Bertz CT molecular complexity index is 1260. The van der Waals surface area contributed by atoms with E-state index < -0.39 is 5.91 Å². The number of phenolic OH excluding ortho intramolecular Hbond substituents is 1. The van der Waals surface area contributed by atoms with Crippen LogP contribution in [0.5, 0.6) is 5.75 Å². The summed E-state index contributed by atoms with van der Waals surface area (Å²) in [6.07, 6.45) is 1.39. The molecule has 0 spiro atoms. The second-order valence-electron chi connectivity index (χ2n) is 6.12. The minimum Gasteiger partial charge on any atom is -0.507 e. The van der Waals surface area contributed by atoms with E-state index in [2.05, 4.69) is 15.5 Å². The Morgan fingerprint density at radius 2 is 1.75 bits per heavy atom. The number of hydrogen-bond acceptors (Lipinski definition) is 4. The van der Waals surface area contributed by atoms with Gasteiger partial charge in [-0.05, 0) is 47.2 Å². The number of amides is 1. The predicted molar refractivity (Wildman–Crippen MR) is 112 cm³/mol. The Morgan fingerprint density at radius 3 is 2.54 bits per heavy atom. The molecule has 4 aromatic rings. The molecule has 1 amide bonds. The smallest absolute Gasteiger partial charge is 0.275 e. The molecule has 2 N–H and O–H groups in total. The molecular formula is C21H13Cl2N3O2. The zero-order valence-corrected chi connectivity index (χ0v) is 15.9. The number of pyridine rings is 1. The predicted octanol–water partition coefficient (Wildman–Crippen LogP) is 5.16. The number of carbonyl (C=O) groups excluding carboxylic acids is 1. The van der Waals surface area contributed by atoms with Gasteiger partial charge in [0.25, 0.3) is 5.91 Å². The fourth-order valence-corrected chi connectivity index (χ4v) is 3.24. The minimum atomic E-state index is -0.535. The number of fused-ring (bicyclic) bond motifs is 2. The zero-order valence-electron chi connectivity index (χ0n) is 14.4. The van der Waals surface area contributed by atoms with Gasteiger partial charge in [-0.15, -0.1) is 0 Å². The Balaban J connectivity index is 1.58. The van der Waals surface area contributed by atoms with Crippen molar-refractivity contribution in [1.29, 1.82) is 0 Å². The van der Waals surface area contributed by atoms with Crippen LogP contribution in [0.25, 0.3) is 21.7 Å². The van der Waals surface area contributed by atoms with E-state index in [1.54, 1.807) is 36.4 Å². The molecule has 7 heteroatoms. The summed E-state index contributed by atoms with van der Waals surface area (Å²) in [6.45, 7) is 0. The van der Waals surface area contributed by atoms with Crippen LogP contribution in [0.3, 0.4) is 0 Å². The summed E-state index contributed by atoms with van der Waals surface area (Å²) in [7, 11) is 0. The molecule has 0 bridgehead atoms. The summed E-state index contributed by atoms with van der Waals surface area (Å²) in [6, 6.07) is 17.6. The maximum Gasteiger partial charge on any atom is 0.275 e. The van der Waals surface area contributed by atoms with Crippen molar-refractivity contribution in [3.8, 4) is 5.75 Å². The first-order valence-electron chi connectivity index (χ1n) is 8.32. The lowest BCUT2D eigenvalue weighted by molar-refractivity contribution is 0.0952. The molecule has 0 radical (unpaired) electrons. The number of phenols is 1. The highest BCUT2D eigenvalue weighted by Crippen LogP contribution is 2.25. The van der Waals surface area contributed by atoms with Crippen molar-refractivity contribution in [3.63, 3.8) is 0 Å². The fourth-order valence-electron chi connectivity index (χ4n) is 2.86. The van der Waals surface area contributed by atoms with Crippen LogP contribution in [0.1, 0.15) is 15.9 Å². The maximum absolute atomic E-state index is 12.4. The number of rotatable bonds is 3. The number of hydrazone groups is 1. The van der Waals surface area contributed by atoms with E-state index in [1.807, 2.05) is 24.3 Å². The third-order valence-corrected chi connectivity index (χ3v) is 4.77. The highest BCUT2D eigenvalue weighted by molar-refractivity contribution is 6.33. The van der Waals surface area contributed by atoms with Gasteiger partial charge in [0.1, 0.15) is 10.9 Å². The highest BCUT2D eigenvalue weighted by Gasteiger charge is 2.12. The molecule has 0 saturated carbocycles. The van der Waals surface area contributed by atoms with Crippen molar-refractivity contribution >= 4 is 57.0 Å². The Kier molecular flexibility index (Phi) is 4.86. The van der Waals surface area contributed by atoms with Crippen molar-refractivity contribution in [3.05, 3.63) is 82.0 Å². The lowest BCUT2D eigenvalue weighted by atomic mass is 10.1. The van der Waals surface area contributed by atoms with Crippen LogP contribution in [-0.2, 0) is 0 Å². The molecule has 1 aromatic heterocycles. The van der Waals surface area contributed by atoms with E-state index in [1.165, 1.54) is 6.21 Å². The third kappa shape index (κ3) is 3.63. The molecule has 28 heavy (non-hydrogen) atoms. The SMILES string of the molecule is O=C(N/N=C\c1cc2cc(Cl)ccc2nc1Cl)c1cc2ccccc2cc1O. The lowest BCUT2D eigenvalue weighted by Gasteiger charge is -2.06. The zero-order chi connectivity index (χ0) is 19.7. The Morgan fingerprint density at radius 1 is 1.00 bits per heavy atom. The average molecular weight is 410 g/mol. The topological polar surface area (TPSA) is 74.6 Å². The summed E-state index contributed by atoms with van der Waals surface area (Å²) in [5.74, 6) is -0.654. The number of hydrogen-bond donors (Lipinski definition) is 2. The number of nitrogens with one attached hydrogen (secondary N) is 1. The summed E-state index contributed by atoms with van der Waals surface area (Å²) < 4.78 is 0. The monoisotopic (exact) mass is 409 g/mol. The van der Waals surface area contributed by atoms with E-state index in [0.717, 1.165) is 16.2 Å². The van der Waals surface area contributed by atoms with E-state index in [0.29, 0.717) is 16.1 Å². The van der Waals surface area contributed by atoms with Gasteiger partial charge in [0.05, 0.1) is 17.3 Å². The summed E-state index contributed by atoms with van der Waals surface area (Å²) >= 11 is 12.2. The number of carbonyl (C=O) groups is 1. The van der Waals surface area contributed by atoms with Crippen LogP contribution in [-0.4, -0.2) is 22.2 Å². The van der Waals surface area contributed by atoms with Crippen LogP contribution >= 0.6 is 23.2 Å². The second kappa shape index (κ2) is 7.46. The molecular weight excluding hydrogens is 397 g/mol. The molecule has 0 aliphatic rings. The minimum absolute atomic E-state index is 0.119. The molecule has 0 aliphatic heterocycles. The summed E-state index contributed by atoms with van der Waals surface area (Å²) in [5, 5.41) is 17.4. The fraction of sp³-hybridized carbons (Fsp3) is 0. The Hall–Kier alpha value is -3.15. The van der Waals surface area contributed by atoms with Gasteiger partial charge in [-0.2, -0.15) is 5.10 Å². The molecule has 0 atom stereocenters. The van der Waals surface area contributed by atoms with Crippen molar-refractivity contribution < 1.29 is 9.90 Å². The van der Waals surface area contributed by atoms with Gasteiger partial charge >= 0.3 is 0 Å². The first-order chi connectivity index (χ1) is 13.5. The van der Waals surface area contributed by atoms with Crippen molar-refractivity contribution in [2.45, 2.75) is 0 Å². The molecule has 0 aliphatic carbocycles. The third-order valence-electron chi connectivity index (χ3n) is 4.24. The van der Waals surface area contributed by atoms with Crippen LogP contribution in [0.15, 0.2) is 65.8 Å². The van der Waals surface area contributed by atoms with Gasteiger partial charge in [0.15, 0.2) is 0 Å². The molecule has 3 aromatic carbocycles. The maximum atomic E-state index is 12.4. The van der Waals surface area contributed by atoms with Gasteiger partial charge < -0.3 is 5.11 Å². The number of aromatic nitrogens is 1. The molecule has 5 nitrogen and oxygen atoms in total. The van der Waals surface area contributed by atoms with Gasteiger partial charge in [0, 0.05) is 16.0 Å². The van der Waals surface area contributed by atoms with Gasteiger partial charge in [-0.25, -0.2) is 10.4 Å². The molecule has 0 saturated heterocycles. The van der Waals surface area contributed by atoms with Crippen molar-refractivity contribution in [2.75, 3.05) is 0 Å². The molecule has 1 heterocycles. The normalized spacial score (nSPS) is 11.4. The largest absolute Gasteiger partial charge is 0.507 e. The number of halogens is 2.